The number of nitrogens with two attached hydrogens (primary N) is 1. The second-order valence-electron chi connectivity index (χ2n) is 4.63. The van der Waals surface area contributed by atoms with E-state index in [9.17, 15) is 4.79 Å². The Morgan fingerprint density at radius 1 is 1.21 bits per heavy atom. The third kappa shape index (κ3) is 6.89. The zero-order valence-corrected chi connectivity index (χ0v) is 9.84. The van der Waals surface area contributed by atoms with Crippen molar-refractivity contribution in [3.8, 4) is 0 Å². The quantitative estimate of drug-likeness (QED) is 0.683. The van der Waals surface area contributed by atoms with E-state index in [0.29, 0.717) is 12.5 Å². The minimum Gasteiger partial charge on any atom is -0.354 e. The Kier molecular flexibility index (Phi) is 6.54. The smallest absolute Gasteiger partial charge is 0.222 e. The molecule has 3 nitrogen and oxygen atoms in total. The topological polar surface area (TPSA) is 55.1 Å². The number of hydrogen-bond acceptors (Lipinski definition) is 2. The van der Waals surface area contributed by atoms with E-state index < -0.39 is 0 Å². The molecule has 0 bridgehead atoms. The summed E-state index contributed by atoms with van der Waals surface area (Å²) in [6.45, 7) is 8.73. The van der Waals surface area contributed by atoms with E-state index in [2.05, 4.69) is 19.2 Å². The van der Waals surface area contributed by atoms with Gasteiger partial charge in [-0.25, -0.2) is 0 Å². The summed E-state index contributed by atoms with van der Waals surface area (Å²) in [5, 5.41) is 2.84. The molecule has 0 fully saturated rings. The van der Waals surface area contributed by atoms with Crippen LogP contribution in [0, 0.1) is 11.8 Å². The summed E-state index contributed by atoms with van der Waals surface area (Å²) < 4.78 is 0. The van der Waals surface area contributed by atoms with Gasteiger partial charge in [-0.2, -0.15) is 0 Å². The molecular weight excluding hydrogens is 176 g/mol. The lowest BCUT2D eigenvalue weighted by molar-refractivity contribution is -0.124. The van der Waals surface area contributed by atoms with Crippen molar-refractivity contribution in [2.75, 3.05) is 6.54 Å². The van der Waals surface area contributed by atoms with Crippen molar-refractivity contribution < 1.29 is 4.79 Å². The molecule has 0 radical (unpaired) electrons. The Morgan fingerprint density at radius 3 is 2.21 bits per heavy atom. The maximum Gasteiger partial charge on any atom is 0.222 e. The van der Waals surface area contributed by atoms with Crippen molar-refractivity contribution >= 4 is 5.91 Å². The molecular formula is C11H24N2O. The van der Waals surface area contributed by atoms with E-state index >= 15 is 0 Å². The molecule has 0 aliphatic carbocycles. The molecule has 1 atom stereocenters. The third-order valence-corrected chi connectivity index (χ3v) is 2.18. The monoisotopic (exact) mass is 200 g/mol. The van der Waals surface area contributed by atoms with Crippen LogP contribution in [0.1, 0.15) is 40.5 Å². The van der Waals surface area contributed by atoms with Crippen LogP contribution in [0.2, 0.25) is 0 Å². The van der Waals surface area contributed by atoms with Gasteiger partial charge in [0.25, 0.3) is 0 Å². The zero-order valence-electron chi connectivity index (χ0n) is 9.84. The maximum absolute atomic E-state index is 11.2. The number of nitrogens with one attached hydrogen (secondary N) is 1. The average Bonchev–Trinajstić information content (AvgIpc) is 2.10. The molecule has 0 saturated carbocycles. The van der Waals surface area contributed by atoms with Crippen LogP contribution in [0.15, 0.2) is 0 Å². The highest BCUT2D eigenvalue weighted by Crippen LogP contribution is 2.04. The first-order chi connectivity index (χ1) is 6.43. The van der Waals surface area contributed by atoms with Gasteiger partial charge in [-0.15, -0.1) is 0 Å². The molecule has 3 heteroatoms. The lowest BCUT2D eigenvalue weighted by atomic mass is 10.0. The number of carbonyl (C=O) groups is 1. The normalized spacial score (nSPS) is 13.4. The summed E-state index contributed by atoms with van der Waals surface area (Å²) in [5.41, 5.74) is 5.86. The van der Waals surface area contributed by atoms with Crippen LogP contribution in [-0.2, 0) is 4.79 Å². The molecule has 14 heavy (non-hydrogen) atoms. The van der Waals surface area contributed by atoms with Gasteiger partial charge in [-0.1, -0.05) is 27.7 Å². The van der Waals surface area contributed by atoms with E-state index in [0.717, 1.165) is 12.8 Å². The fraction of sp³-hybridized carbons (Fsp3) is 0.909. The molecule has 0 saturated heterocycles. The van der Waals surface area contributed by atoms with E-state index in [1.165, 1.54) is 0 Å². The summed E-state index contributed by atoms with van der Waals surface area (Å²) in [5.74, 6) is 0.819. The highest BCUT2D eigenvalue weighted by molar-refractivity contribution is 5.77. The van der Waals surface area contributed by atoms with Crippen LogP contribution in [0.25, 0.3) is 0 Å². The maximum atomic E-state index is 11.2. The molecule has 0 aromatic rings. The molecule has 0 aromatic carbocycles. The molecule has 0 rings (SSSR count). The van der Waals surface area contributed by atoms with Crippen LogP contribution in [-0.4, -0.2) is 18.5 Å². The SMILES string of the molecule is CC(C)CC[C@H](N)CNC(=O)C(C)C. The molecule has 3 N–H and O–H groups in total. The summed E-state index contributed by atoms with van der Waals surface area (Å²) in [6, 6.07) is 0.0973. The van der Waals surface area contributed by atoms with Crippen LogP contribution in [0.4, 0.5) is 0 Å². The third-order valence-electron chi connectivity index (χ3n) is 2.18. The standard InChI is InChI=1S/C11H24N2O/c1-8(2)5-6-10(12)7-13-11(14)9(3)4/h8-10H,5-7,12H2,1-4H3,(H,13,14)/t10-/m0/s1. The Hall–Kier alpha value is -0.570. The van der Waals surface area contributed by atoms with Gasteiger partial charge in [0.05, 0.1) is 0 Å². The van der Waals surface area contributed by atoms with E-state index in [1.807, 2.05) is 13.8 Å². The van der Waals surface area contributed by atoms with Crippen molar-refractivity contribution in [1.29, 1.82) is 0 Å². The second kappa shape index (κ2) is 6.82. The number of amides is 1. The molecule has 0 unspecified atom stereocenters. The number of rotatable bonds is 6. The lowest BCUT2D eigenvalue weighted by Crippen LogP contribution is -2.39. The fourth-order valence-corrected chi connectivity index (χ4v) is 1.09. The highest BCUT2D eigenvalue weighted by Gasteiger charge is 2.09. The first-order valence-corrected chi connectivity index (χ1v) is 5.46. The average molecular weight is 200 g/mol. The van der Waals surface area contributed by atoms with Gasteiger partial charge in [0.15, 0.2) is 0 Å². The lowest BCUT2D eigenvalue weighted by Gasteiger charge is -2.14. The molecule has 0 heterocycles. The summed E-state index contributed by atoms with van der Waals surface area (Å²) in [4.78, 5) is 11.2. The fourth-order valence-electron chi connectivity index (χ4n) is 1.09. The van der Waals surface area contributed by atoms with Gasteiger partial charge in [-0.05, 0) is 18.8 Å². The molecule has 0 aromatic heterocycles. The Labute approximate surface area is 87.4 Å². The van der Waals surface area contributed by atoms with Crippen molar-refractivity contribution in [2.24, 2.45) is 17.6 Å². The van der Waals surface area contributed by atoms with Crippen molar-refractivity contribution in [3.63, 3.8) is 0 Å². The largest absolute Gasteiger partial charge is 0.354 e. The molecule has 0 spiro atoms. The molecule has 84 valence electrons. The van der Waals surface area contributed by atoms with Crippen molar-refractivity contribution in [3.05, 3.63) is 0 Å². The van der Waals surface area contributed by atoms with Crippen LogP contribution in [0.5, 0.6) is 0 Å². The molecule has 1 amide bonds. The van der Waals surface area contributed by atoms with E-state index in [4.69, 9.17) is 5.73 Å². The minimum absolute atomic E-state index is 0.0484. The van der Waals surface area contributed by atoms with Gasteiger partial charge < -0.3 is 11.1 Å². The van der Waals surface area contributed by atoms with Gasteiger partial charge in [0.2, 0.25) is 5.91 Å². The Balaban J connectivity index is 3.53. The van der Waals surface area contributed by atoms with Crippen molar-refractivity contribution in [2.45, 2.75) is 46.6 Å². The van der Waals surface area contributed by atoms with Gasteiger partial charge in [-0.3, -0.25) is 4.79 Å². The Morgan fingerprint density at radius 2 is 1.79 bits per heavy atom. The van der Waals surface area contributed by atoms with Crippen molar-refractivity contribution in [1.82, 2.24) is 5.32 Å². The van der Waals surface area contributed by atoms with Crippen LogP contribution in [0.3, 0.4) is 0 Å². The van der Waals surface area contributed by atoms with E-state index in [-0.39, 0.29) is 17.9 Å². The summed E-state index contributed by atoms with van der Waals surface area (Å²) >= 11 is 0. The van der Waals surface area contributed by atoms with Crippen LogP contribution < -0.4 is 11.1 Å². The first kappa shape index (κ1) is 13.4. The van der Waals surface area contributed by atoms with Gasteiger partial charge in [0, 0.05) is 18.5 Å². The van der Waals surface area contributed by atoms with E-state index in [1.54, 1.807) is 0 Å². The Bertz CT molecular complexity index is 167. The predicted octanol–water partition coefficient (Wildman–Crippen LogP) is 1.52. The highest BCUT2D eigenvalue weighted by atomic mass is 16.1. The van der Waals surface area contributed by atoms with Crippen LogP contribution >= 0.6 is 0 Å². The molecule has 0 aliphatic rings. The summed E-state index contributed by atoms with van der Waals surface area (Å²) in [7, 11) is 0. The second-order valence-corrected chi connectivity index (χ2v) is 4.63. The zero-order chi connectivity index (χ0) is 11.1. The number of hydrogen-bond donors (Lipinski definition) is 2. The first-order valence-electron chi connectivity index (χ1n) is 5.46. The predicted molar refractivity (Wildman–Crippen MR) is 59.9 cm³/mol. The molecule has 0 aliphatic heterocycles. The summed E-state index contributed by atoms with van der Waals surface area (Å²) in [6.07, 6.45) is 2.11. The van der Waals surface area contributed by atoms with Gasteiger partial charge >= 0.3 is 0 Å². The number of carbonyl (C=O) groups excluding carboxylic acids is 1. The van der Waals surface area contributed by atoms with Gasteiger partial charge in [0.1, 0.15) is 0 Å². The minimum atomic E-state index is 0.0484.